The van der Waals surface area contributed by atoms with Gasteiger partial charge in [0.15, 0.2) is 0 Å². The molecule has 2 unspecified atom stereocenters. The van der Waals surface area contributed by atoms with Crippen LogP contribution in [0.5, 0.6) is 0 Å². The van der Waals surface area contributed by atoms with Gasteiger partial charge >= 0.3 is 0 Å². The van der Waals surface area contributed by atoms with Crippen LogP contribution in [0.2, 0.25) is 0 Å². The van der Waals surface area contributed by atoms with Crippen LogP contribution in [0.1, 0.15) is 13.3 Å². The van der Waals surface area contributed by atoms with E-state index in [0.29, 0.717) is 11.6 Å². The molecular formula is C12H16F2N2. The minimum atomic E-state index is -0.530. The predicted molar refractivity (Wildman–Crippen MR) is 60.3 cm³/mol. The molecule has 2 atom stereocenters. The van der Waals surface area contributed by atoms with Gasteiger partial charge in [-0.1, -0.05) is 6.92 Å². The summed E-state index contributed by atoms with van der Waals surface area (Å²) in [7, 11) is 0. The van der Waals surface area contributed by atoms with E-state index in [4.69, 9.17) is 5.73 Å². The number of nitrogens with zero attached hydrogens (tertiary/aromatic N) is 1. The molecule has 4 heteroatoms. The van der Waals surface area contributed by atoms with Crippen LogP contribution < -0.4 is 10.6 Å². The number of hydrogen-bond donors (Lipinski definition) is 1. The molecule has 88 valence electrons. The SMILES string of the molecule is CC1CN(c2cc(F)cc(F)c2)CCC1N. The van der Waals surface area contributed by atoms with Crippen molar-refractivity contribution in [1.82, 2.24) is 0 Å². The third-order valence-corrected chi connectivity index (χ3v) is 3.18. The normalized spacial score (nSPS) is 25.9. The monoisotopic (exact) mass is 226 g/mol. The Morgan fingerprint density at radius 1 is 1.25 bits per heavy atom. The summed E-state index contributed by atoms with van der Waals surface area (Å²) >= 11 is 0. The van der Waals surface area contributed by atoms with Crippen LogP contribution in [0.15, 0.2) is 18.2 Å². The topological polar surface area (TPSA) is 29.3 Å². The lowest BCUT2D eigenvalue weighted by atomic mass is 9.94. The van der Waals surface area contributed by atoms with Gasteiger partial charge in [-0.2, -0.15) is 0 Å². The number of rotatable bonds is 1. The second-order valence-electron chi connectivity index (χ2n) is 4.50. The molecule has 0 radical (unpaired) electrons. The van der Waals surface area contributed by atoms with E-state index in [1.807, 2.05) is 4.90 Å². The summed E-state index contributed by atoms with van der Waals surface area (Å²) in [5.74, 6) is -0.713. The highest BCUT2D eigenvalue weighted by Crippen LogP contribution is 2.24. The molecule has 16 heavy (non-hydrogen) atoms. The number of nitrogens with two attached hydrogens (primary N) is 1. The Balaban J connectivity index is 2.18. The first-order valence-corrected chi connectivity index (χ1v) is 5.53. The number of halogens is 2. The lowest BCUT2D eigenvalue weighted by Gasteiger charge is -2.36. The van der Waals surface area contributed by atoms with E-state index in [0.717, 1.165) is 25.6 Å². The smallest absolute Gasteiger partial charge is 0.128 e. The van der Waals surface area contributed by atoms with Crippen molar-refractivity contribution < 1.29 is 8.78 Å². The Labute approximate surface area is 94.0 Å². The van der Waals surface area contributed by atoms with Gasteiger partial charge in [-0.3, -0.25) is 0 Å². The van der Waals surface area contributed by atoms with E-state index >= 15 is 0 Å². The summed E-state index contributed by atoms with van der Waals surface area (Å²) in [5.41, 5.74) is 6.51. The van der Waals surface area contributed by atoms with Crippen molar-refractivity contribution in [3.05, 3.63) is 29.8 Å². The first kappa shape index (κ1) is 11.3. The fourth-order valence-corrected chi connectivity index (χ4v) is 2.12. The highest BCUT2D eigenvalue weighted by Gasteiger charge is 2.23. The largest absolute Gasteiger partial charge is 0.371 e. The van der Waals surface area contributed by atoms with Crippen molar-refractivity contribution >= 4 is 5.69 Å². The quantitative estimate of drug-likeness (QED) is 0.795. The number of benzene rings is 1. The Hall–Kier alpha value is -1.16. The number of anilines is 1. The van der Waals surface area contributed by atoms with Crippen LogP contribution in [0.3, 0.4) is 0 Å². The first-order valence-electron chi connectivity index (χ1n) is 5.53. The van der Waals surface area contributed by atoms with Crippen molar-refractivity contribution in [2.45, 2.75) is 19.4 Å². The minimum absolute atomic E-state index is 0.189. The molecular weight excluding hydrogens is 210 g/mol. The summed E-state index contributed by atoms with van der Waals surface area (Å²) in [6.07, 6.45) is 0.860. The highest BCUT2D eigenvalue weighted by molar-refractivity contribution is 5.47. The Morgan fingerprint density at radius 3 is 2.44 bits per heavy atom. The average Bonchev–Trinajstić information content (AvgIpc) is 2.20. The van der Waals surface area contributed by atoms with Crippen molar-refractivity contribution in [3.63, 3.8) is 0 Å². The molecule has 0 spiro atoms. The molecule has 0 bridgehead atoms. The van der Waals surface area contributed by atoms with Gasteiger partial charge in [-0.05, 0) is 24.5 Å². The fraction of sp³-hybridized carbons (Fsp3) is 0.500. The standard InChI is InChI=1S/C12H16F2N2/c1-8-7-16(3-2-12(8)15)11-5-9(13)4-10(14)6-11/h4-6,8,12H,2-3,7,15H2,1H3. The zero-order valence-electron chi connectivity index (χ0n) is 9.29. The van der Waals surface area contributed by atoms with E-state index in [1.165, 1.54) is 12.1 Å². The van der Waals surface area contributed by atoms with E-state index in [9.17, 15) is 8.78 Å². The minimum Gasteiger partial charge on any atom is -0.371 e. The number of piperidine rings is 1. The molecule has 1 fully saturated rings. The zero-order valence-corrected chi connectivity index (χ0v) is 9.29. The highest BCUT2D eigenvalue weighted by atomic mass is 19.1. The molecule has 2 rings (SSSR count). The van der Waals surface area contributed by atoms with Crippen LogP contribution in [-0.2, 0) is 0 Å². The maximum Gasteiger partial charge on any atom is 0.128 e. The number of hydrogen-bond acceptors (Lipinski definition) is 2. The third-order valence-electron chi connectivity index (χ3n) is 3.18. The van der Waals surface area contributed by atoms with E-state index in [2.05, 4.69) is 6.92 Å². The second-order valence-corrected chi connectivity index (χ2v) is 4.50. The second kappa shape index (κ2) is 4.37. The van der Waals surface area contributed by atoms with E-state index in [1.54, 1.807) is 0 Å². The molecule has 1 aliphatic rings. The van der Waals surface area contributed by atoms with Gasteiger partial charge in [0.1, 0.15) is 11.6 Å². The summed E-state index contributed by atoms with van der Waals surface area (Å²) in [5, 5.41) is 0. The van der Waals surface area contributed by atoms with Crippen molar-refractivity contribution in [1.29, 1.82) is 0 Å². The lowest BCUT2D eigenvalue weighted by molar-refractivity contribution is 0.382. The molecule has 1 saturated heterocycles. The van der Waals surface area contributed by atoms with Crippen LogP contribution in [0, 0.1) is 17.6 Å². The fourth-order valence-electron chi connectivity index (χ4n) is 2.12. The van der Waals surface area contributed by atoms with Crippen molar-refractivity contribution in [3.8, 4) is 0 Å². The average molecular weight is 226 g/mol. The molecule has 0 amide bonds. The molecule has 0 aromatic heterocycles. The zero-order chi connectivity index (χ0) is 11.7. The van der Waals surface area contributed by atoms with Crippen LogP contribution in [-0.4, -0.2) is 19.1 Å². The molecule has 1 aromatic carbocycles. The molecule has 2 N–H and O–H groups in total. The molecule has 0 aliphatic carbocycles. The van der Waals surface area contributed by atoms with Gasteiger partial charge in [0.05, 0.1) is 0 Å². The van der Waals surface area contributed by atoms with Crippen LogP contribution in [0.4, 0.5) is 14.5 Å². The molecule has 1 aromatic rings. The van der Waals surface area contributed by atoms with E-state index < -0.39 is 11.6 Å². The van der Waals surface area contributed by atoms with Crippen LogP contribution in [0.25, 0.3) is 0 Å². The summed E-state index contributed by atoms with van der Waals surface area (Å²) in [4.78, 5) is 1.99. The molecule has 2 nitrogen and oxygen atoms in total. The lowest BCUT2D eigenvalue weighted by Crippen LogP contribution is -2.46. The maximum absolute atomic E-state index is 13.1. The van der Waals surface area contributed by atoms with Gasteiger partial charge in [0.25, 0.3) is 0 Å². The molecule has 1 heterocycles. The van der Waals surface area contributed by atoms with Gasteiger partial charge in [-0.15, -0.1) is 0 Å². The maximum atomic E-state index is 13.1. The van der Waals surface area contributed by atoms with E-state index in [-0.39, 0.29) is 6.04 Å². The van der Waals surface area contributed by atoms with Gasteiger partial charge < -0.3 is 10.6 Å². The Kier molecular flexibility index (Phi) is 3.10. The first-order chi connectivity index (χ1) is 7.56. The predicted octanol–water partition coefficient (Wildman–Crippen LogP) is 2.14. The molecule has 0 saturated carbocycles. The van der Waals surface area contributed by atoms with Gasteiger partial charge in [0.2, 0.25) is 0 Å². The summed E-state index contributed by atoms with van der Waals surface area (Å²) in [6.45, 7) is 3.57. The third kappa shape index (κ3) is 2.32. The summed E-state index contributed by atoms with van der Waals surface area (Å²) in [6, 6.07) is 3.82. The summed E-state index contributed by atoms with van der Waals surface area (Å²) < 4.78 is 26.1. The molecule has 1 aliphatic heterocycles. The van der Waals surface area contributed by atoms with Gasteiger partial charge in [0, 0.05) is 30.9 Å². The van der Waals surface area contributed by atoms with Crippen molar-refractivity contribution in [2.75, 3.05) is 18.0 Å². The Bertz CT molecular complexity index is 361. The Morgan fingerprint density at radius 2 is 1.88 bits per heavy atom. The van der Waals surface area contributed by atoms with Gasteiger partial charge in [-0.25, -0.2) is 8.78 Å². The van der Waals surface area contributed by atoms with Crippen LogP contribution >= 0.6 is 0 Å². The van der Waals surface area contributed by atoms with Crippen molar-refractivity contribution in [2.24, 2.45) is 11.7 Å².